The van der Waals surface area contributed by atoms with Crippen LogP contribution in [0.25, 0.3) is 0 Å². The summed E-state index contributed by atoms with van der Waals surface area (Å²) in [6, 6.07) is 1.86. The van der Waals surface area contributed by atoms with Crippen LogP contribution in [0.3, 0.4) is 0 Å². The maximum atomic E-state index is 5.70. The first-order chi connectivity index (χ1) is 8.28. The van der Waals surface area contributed by atoms with Crippen molar-refractivity contribution >= 4 is 21.7 Å². The third kappa shape index (κ3) is 3.90. The highest BCUT2D eigenvalue weighted by Crippen LogP contribution is 2.11. The summed E-state index contributed by atoms with van der Waals surface area (Å²) < 4.78 is 6.49. The van der Waals surface area contributed by atoms with E-state index in [1.807, 2.05) is 6.07 Å². The van der Waals surface area contributed by atoms with E-state index in [2.05, 4.69) is 43.0 Å². The fraction of sp³-hybridized carbons (Fsp3) is 0.636. The Morgan fingerprint density at radius 3 is 3.24 bits per heavy atom. The third-order valence-electron chi connectivity index (χ3n) is 2.81. The lowest BCUT2D eigenvalue weighted by molar-refractivity contribution is -0.0192. The first-order valence-electron chi connectivity index (χ1n) is 5.83. The number of morpholine rings is 1. The molecule has 0 aliphatic carbocycles. The number of rotatable bonds is 4. The minimum Gasteiger partial charge on any atom is -0.374 e. The maximum absolute atomic E-state index is 5.70. The zero-order valence-corrected chi connectivity index (χ0v) is 11.5. The van der Waals surface area contributed by atoms with Gasteiger partial charge in [0.05, 0.1) is 12.7 Å². The molecule has 1 aromatic heterocycles. The minimum absolute atomic E-state index is 0.234. The van der Waals surface area contributed by atoms with Crippen LogP contribution >= 0.6 is 15.9 Å². The van der Waals surface area contributed by atoms with Gasteiger partial charge in [0, 0.05) is 25.7 Å². The molecule has 1 fully saturated rings. The molecule has 0 spiro atoms. The number of nitrogens with zero attached hydrogens (tertiary/aromatic N) is 3. The molecule has 1 atom stereocenters. The number of hydrogen-bond donors (Lipinski definition) is 1. The van der Waals surface area contributed by atoms with Crippen LogP contribution in [0.5, 0.6) is 0 Å². The van der Waals surface area contributed by atoms with Crippen LogP contribution < -0.4 is 5.32 Å². The molecule has 1 aliphatic rings. The Morgan fingerprint density at radius 2 is 2.47 bits per heavy atom. The highest BCUT2D eigenvalue weighted by atomic mass is 79.9. The lowest BCUT2D eigenvalue weighted by Crippen LogP contribution is -2.45. The predicted molar refractivity (Wildman–Crippen MR) is 70.1 cm³/mol. The topological polar surface area (TPSA) is 50.3 Å². The Kier molecular flexibility index (Phi) is 4.70. The third-order valence-corrected chi connectivity index (χ3v) is 3.25. The number of likely N-dealkylation sites (N-methyl/N-ethyl adjacent to an activating group) is 1. The molecule has 0 aromatic carbocycles. The first-order valence-corrected chi connectivity index (χ1v) is 6.62. The van der Waals surface area contributed by atoms with E-state index < -0.39 is 0 Å². The lowest BCUT2D eigenvalue weighted by Gasteiger charge is -2.32. The summed E-state index contributed by atoms with van der Waals surface area (Å²) in [5.74, 6) is 0.823. The van der Waals surface area contributed by atoms with E-state index in [0.29, 0.717) is 0 Å². The van der Waals surface area contributed by atoms with Crippen molar-refractivity contribution in [3.05, 3.63) is 17.0 Å². The Labute approximate surface area is 110 Å². The van der Waals surface area contributed by atoms with E-state index in [1.165, 1.54) is 6.33 Å². The number of nitrogens with one attached hydrogen (secondary N) is 1. The van der Waals surface area contributed by atoms with E-state index in [4.69, 9.17) is 4.74 Å². The Morgan fingerprint density at radius 1 is 1.59 bits per heavy atom. The number of ether oxygens (including phenoxy) is 1. The number of halogens is 1. The smallest absolute Gasteiger partial charge is 0.130 e. The quantitative estimate of drug-likeness (QED) is 0.851. The normalized spacial score (nSPS) is 21.4. The highest BCUT2D eigenvalue weighted by molar-refractivity contribution is 9.10. The SMILES string of the molecule is CCN1CCOC(CNc2cc(Br)ncn2)C1. The Bertz CT molecular complexity index is 363. The summed E-state index contributed by atoms with van der Waals surface area (Å²) in [7, 11) is 0. The molecule has 5 nitrogen and oxygen atoms in total. The van der Waals surface area contributed by atoms with Crippen LogP contribution in [-0.2, 0) is 4.74 Å². The summed E-state index contributed by atoms with van der Waals surface area (Å²) in [5, 5.41) is 3.27. The van der Waals surface area contributed by atoms with Crippen molar-refractivity contribution in [2.24, 2.45) is 0 Å². The summed E-state index contributed by atoms with van der Waals surface area (Å²) in [6.45, 7) is 6.87. The predicted octanol–water partition coefficient (Wildman–Crippen LogP) is 1.37. The van der Waals surface area contributed by atoms with Gasteiger partial charge >= 0.3 is 0 Å². The number of anilines is 1. The van der Waals surface area contributed by atoms with Crippen LogP contribution in [0.2, 0.25) is 0 Å². The van der Waals surface area contributed by atoms with Crippen LogP contribution in [0, 0.1) is 0 Å². The van der Waals surface area contributed by atoms with Crippen LogP contribution in [0.1, 0.15) is 6.92 Å². The molecule has 2 heterocycles. The molecule has 0 saturated carbocycles. The van der Waals surface area contributed by atoms with E-state index >= 15 is 0 Å². The fourth-order valence-electron chi connectivity index (χ4n) is 1.84. The fourth-order valence-corrected chi connectivity index (χ4v) is 2.15. The maximum Gasteiger partial charge on any atom is 0.130 e. The van der Waals surface area contributed by atoms with Gasteiger partial charge in [0.25, 0.3) is 0 Å². The van der Waals surface area contributed by atoms with E-state index in [-0.39, 0.29) is 6.10 Å². The minimum atomic E-state index is 0.234. The van der Waals surface area contributed by atoms with Gasteiger partial charge < -0.3 is 10.1 Å². The monoisotopic (exact) mass is 300 g/mol. The van der Waals surface area contributed by atoms with Gasteiger partial charge in [0.15, 0.2) is 0 Å². The van der Waals surface area contributed by atoms with E-state index in [1.54, 1.807) is 0 Å². The van der Waals surface area contributed by atoms with Gasteiger partial charge in [0.2, 0.25) is 0 Å². The summed E-state index contributed by atoms with van der Waals surface area (Å²) in [6.07, 6.45) is 1.77. The second-order valence-corrected chi connectivity index (χ2v) is 4.81. The van der Waals surface area contributed by atoms with Gasteiger partial charge in [-0.1, -0.05) is 6.92 Å². The van der Waals surface area contributed by atoms with Gasteiger partial charge in [-0.3, -0.25) is 4.90 Å². The zero-order chi connectivity index (χ0) is 12.1. The Balaban J connectivity index is 1.81. The van der Waals surface area contributed by atoms with Crippen molar-refractivity contribution in [3.8, 4) is 0 Å². The zero-order valence-electron chi connectivity index (χ0n) is 9.90. The molecular weight excluding hydrogens is 284 g/mol. The van der Waals surface area contributed by atoms with Crippen molar-refractivity contribution in [3.63, 3.8) is 0 Å². The molecule has 0 amide bonds. The second kappa shape index (κ2) is 6.28. The van der Waals surface area contributed by atoms with Crippen LogP contribution in [0.4, 0.5) is 5.82 Å². The molecule has 6 heteroatoms. The van der Waals surface area contributed by atoms with Gasteiger partial charge in [-0.15, -0.1) is 0 Å². The molecule has 17 heavy (non-hydrogen) atoms. The summed E-state index contributed by atoms with van der Waals surface area (Å²) in [5.41, 5.74) is 0. The second-order valence-electron chi connectivity index (χ2n) is 3.99. The van der Waals surface area contributed by atoms with Gasteiger partial charge in [-0.25, -0.2) is 9.97 Å². The Hall–Kier alpha value is -0.720. The first kappa shape index (κ1) is 12.7. The molecule has 2 rings (SSSR count). The van der Waals surface area contributed by atoms with Gasteiger partial charge in [-0.05, 0) is 22.5 Å². The molecule has 1 aromatic rings. The van der Waals surface area contributed by atoms with Crippen molar-refractivity contribution in [2.45, 2.75) is 13.0 Å². The molecule has 94 valence electrons. The van der Waals surface area contributed by atoms with Crippen molar-refractivity contribution < 1.29 is 4.74 Å². The summed E-state index contributed by atoms with van der Waals surface area (Å²) in [4.78, 5) is 10.5. The van der Waals surface area contributed by atoms with E-state index in [9.17, 15) is 0 Å². The average Bonchev–Trinajstić information content (AvgIpc) is 2.37. The molecule has 1 N–H and O–H groups in total. The lowest BCUT2D eigenvalue weighted by atomic mass is 10.2. The summed E-state index contributed by atoms with van der Waals surface area (Å²) >= 11 is 3.32. The molecule has 1 saturated heterocycles. The van der Waals surface area contributed by atoms with E-state index in [0.717, 1.165) is 43.2 Å². The molecule has 0 radical (unpaired) electrons. The number of aromatic nitrogens is 2. The highest BCUT2D eigenvalue weighted by Gasteiger charge is 2.18. The standard InChI is InChI=1S/C11H17BrN4O/c1-2-16-3-4-17-9(7-16)6-13-11-5-10(12)14-8-15-11/h5,8-9H,2-4,6-7H2,1H3,(H,13,14,15). The van der Waals surface area contributed by atoms with Gasteiger partial charge in [0.1, 0.15) is 16.7 Å². The van der Waals surface area contributed by atoms with Crippen molar-refractivity contribution in [1.82, 2.24) is 14.9 Å². The van der Waals surface area contributed by atoms with Crippen LogP contribution in [-0.4, -0.2) is 53.8 Å². The van der Waals surface area contributed by atoms with Crippen LogP contribution in [0.15, 0.2) is 17.0 Å². The average molecular weight is 301 g/mol. The number of hydrogen-bond acceptors (Lipinski definition) is 5. The van der Waals surface area contributed by atoms with Crippen molar-refractivity contribution in [2.75, 3.05) is 38.1 Å². The molecule has 0 bridgehead atoms. The largest absolute Gasteiger partial charge is 0.374 e. The van der Waals surface area contributed by atoms with Gasteiger partial charge in [-0.2, -0.15) is 0 Å². The molecule has 1 unspecified atom stereocenters. The van der Waals surface area contributed by atoms with Crippen molar-refractivity contribution in [1.29, 1.82) is 0 Å². The molecule has 1 aliphatic heterocycles. The molecular formula is C11H17BrN4O.